The van der Waals surface area contributed by atoms with Crippen LogP contribution in [0.25, 0.3) is 11.4 Å². The molecule has 0 aliphatic heterocycles. The largest absolute Gasteiger partial charge is 0.236 e. The van der Waals surface area contributed by atoms with Gasteiger partial charge in [-0.05, 0) is 62.0 Å². The summed E-state index contributed by atoms with van der Waals surface area (Å²) in [4.78, 5) is 9.35. The van der Waals surface area contributed by atoms with Gasteiger partial charge in [0.05, 0.1) is 11.5 Å². The van der Waals surface area contributed by atoms with Crippen molar-refractivity contribution < 1.29 is 0 Å². The maximum absolute atomic E-state index is 10.0. The minimum absolute atomic E-state index is 0.0801. The number of unbranched alkanes of at least 4 members (excludes halogenated alkanes) is 13. The van der Waals surface area contributed by atoms with Crippen LogP contribution in [-0.4, -0.2) is 9.97 Å². The number of benzene rings is 1. The van der Waals surface area contributed by atoms with Crippen molar-refractivity contribution in [3.8, 4) is 17.5 Å². The topological polar surface area (TPSA) is 49.6 Å². The number of rotatable bonds is 19. The van der Waals surface area contributed by atoms with Crippen LogP contribution >= 0.6 is 0 Å². The molecule has 3 nitrogen and oxygen atoms in total. The molecule has 2 aromatic rings. The minimum atomic E-state index is -0.0801. The molecule has 0 saturated heterocycles. The third-order valence-electron chi connectivity index (χ3n) is 9.10. The molecular formula is C36H55N3. The van der Waals surface area contributed by atoms with Gasteiger partial charge < -0.3 is 0 Å². The molecule has 3 heteroatoms. The average molecular weight is 530 g/mol. The smallest absolute Gasteiger partial charge is 0.159 e. The molecule has 1 aliphatic rings. The van der Waals surface area contributed by atoms with Crippen molar-refractivity contribution in [2.45, 2.75) is 155 Å². The lowest BCUT2D eigenvalue weighted by atomic mass is 9.67. The van der Waals surface area contributed by atoms with E-state index in [0.717, 1.165) is 49.9 Å². The van der Waals surface area contributed by atoms with Gasteiger partial charge in [0.25, 0.3) is 0 Å². The second kappa shape index (κ2) is 18.2. The summed E-state index contributed by atoms with van der Waals surface area (Å²) in [7, 11) is 0. The fourth-order valence-corrected chi connectivity index (χ4v) is 6.34. The average Bonchev–Trinajstić information content (AvgIpc) is 2.99. The molecule has 0 bridgehead atoms. The molecule has 1 saturated carbocycles. The van der Waals surface area contributed by atoms with Crippen LogP contribution in [0.5, 0.6) is 0 Å². The highest BCUT2D eigenvalue weighted by Crippen LogP contribution is 2.45. The van der Waals surface area contributed by atoms with Crippen molar-refractivity contribution in [3.05, 3.63) is 47.8 Å². The van der Waals surface area contributed by atoms with Crippen LogP contribution in [0.1, 0.15) is 159 Å². The van der Waals surface area contributed by atoms with Gasteiger partial charge in [0.15, 0.2) is 5.82 Å². The summed E-state index contributed by atoms with van der Waals surface area (Å²) in [6.07, 6.45) is 30.6. The zero-order chi connectivity index (χ0) is 27.6. The van der Waals surface area contributed by atoms with Gasteiger partial charge >= 0.3 is 0 Å². The van der Waals surface area contributed by atoms with Crippen molar-refractivity contribution >= 4 is 0 Å². The molecule has 0 atom stereocenters. The summed E-state index contributed by atoms with van der Waals surface area (Å²) in [5.41, 5.74) is 3.67. The predicted octanol–water partition coefficient (Wildman–Crippen LogP) is 11.1. The Kier molecular flexibility index (Phi) is 14.6. The Bertz CT molecular complexity index is 933. The first-order chi connectivity index (χ1) is 19.2. The van der Waals surface area contributed by atoms with Crippen LogP contribution in [-0.2, 0) is 6.42 Å². The molecule has 0 spiro atoms. The second-order valence-corrected chi connectivity index (χ2v) is 12.3. The first-order valence-corrected chi connectivity index (χ1v) is 16.5. The van der Waals surface area contributed by atoms with Crippen molar-refractivity contribution in [1.82, 2.24) is 9.97 Å². The Hall–Kier alpha value is -2.21. The van der Waals surface area contributed by atoms with Crippen LogP contribution < -0.4 is 0 Å². The Morgan fingerprint density at radius 2 is 1.23 bits per heavy atom. The molecule has 0 amide bonds. The number of hydrogen-bond donors (Lipinski definition) is 0. The van der Waals surface area contributed by atoms with E-state index in [1.54, 1.807) is 0 Å². The summed E-state index contributed by atoms with van der Waals surface area (Å²) in [5.74, 6) is 1.40. The number of aromatic nitrogens is 2. The van der Waals surface area contributed by atoms with Gasteiger partial charge in [-0.15, -0.1) is 0 Å². The highest BCUT2D eigenvalue weighted by Gasteiger charge is 2.35. The third kappa shape index (κ3) is 11.1. The molecule has 0 radical (unpaired) electrons. The summed E-state index contributed by atoms with van der Waals surface area (Å²) in [6, 6.07) is 11.7. The van der Waals surface area contributed by atoms with E-state index >= 15 is 0 Å². The van der Waals surface area contributed by atoms with E-state index < -0.39 is 0 Å². The number of nitrogens with zero attached hydrogens (tertiary/aromatic N) is 3. The van der Waals surface area contributed by atoms with E-state index in [-0.39, 0.29) is 5.41 Å². The van der Waals surface area contributed by atoms with Gasteiger partial charge in [-0.2, -0.15) is 5.26 Å². The maximum Gasteiger partial charge on any atom is 0.159 e. The molecule has 0 N–H and O–H groups in total. The van der Waals surface area contributed by atoms with E-state index in [4.69, 9.17) is 0 Å². The van der Waals surface area contributed by atoms with Gasteiger partial charge in [0.1, 0.15) is 0 Å². The van der Waals surface area contributed by atoms with Crippen LogP contribution in [0.3, 0.4) is 0 Å². The summed E-state index contributed by atoms with van der Waals surface area (Å²) >= 11 is 0. The number of aryl methyl sites for hydroxylation is 1. The Morgan fingerprint density at radius 3 is 1.77 bits per heavy atom. The highest BCUT2D eigenvalue weighted by atomic mass is 14.9. The molecule has 1 aromatic carbocycles. The van der Waals surface area contributed by atoms with E-state index in [1.165, 1.54) is 107 Å². The summed E-state index contributed by atoms with van der Waals surface area (Å²) in [5, 5.41) is 10.0. The molecule has 1 aromatic heterocycles. The summed E-state index contributed by atoms with van der Waals surface area (Å²) < 4.78 is 0. The van der Waals surface area contributed by atoms with Gasteiger partial charge in [0, 0.05) is 18.0 Å². The number of hydrogen-bond acceptors (Lipinski definition) is 3. The Morgan fingerprint density at radius 1 is 0.718 bits per heavy atom. The minimum Gasteiger partial charge on any atom is -0.236 e. The van der Waals surface area contributed by atoms with Crippen molar-refractivity contribution in [2.75, 3.05) is 0 Å². The molecule has 1 heterocycles. The quantitative estimate of drug-likeness (QED) is 0.170. The van der Waals surface area contributed by atoms with Crippen molar-refractivity contribution in [2.24, 2.45) is 5.41 Å². The molecule has 1 fully saturated rings. The summed E-state index contributed by atoms with van der Waals surface area (Å²) in [6.45, 7) is 4.55. The van der Waals surface area contributed by atoms with Crippen molar-refractivity contribution in [3.63, 3.8) is 0 Å². The van der Waals surface area contributed by atoms with Gasteiger partial charge in [-0.3, -0.25) is 0 Å². The molecule has 0 unspecified atom stereocenters. The van der Waals surface area contributed by atoms with Gasteiger partial charge in [-0.25, -0.2) is 9.97 Å². The van der Waals surface area contributed by atoms with Crippen LogP contribution in [0, 0.1) is 16.7 Å². The molecule has 1 aliphatic carbocycles. The van der Waals surface area contributed by atoms with Crippen LogP contribution in [0.4, 0.5) is 0 Å². The molecule has 214 valence electrons. The lowest BCUT2D eigenvalue weighted by Crippen LogP contribution is -2.25. The highest BCUT2D eigenvalue weighted by molar-refractivity contribution is 5.55. The third-order valence-corrected chi connectivity index (χ3v) is 9.10. The molecular weight excluding hydrogens is 474 g/mol. The van der Waals surface area contributed by atoms with Crippen molar-refractivity contribution in [1.29, 1.82) is 5.26 Å². The monoisotopic (exact) mass is 529 g/mol. The lowest BCUT2D eigenvalue weighted by molar-refractivity contribution is 0.222. The first kappa shape index (κ1) is 31.3. The Labute approximate surface area is 240 Å². The van der Waals surface area contributed by atoms with E-state index in [0.29, 0.717) is 5.92 Å². The van der Waals surface area contributed by atoms with Gasteiger partial charge in [0.2, 0.25) is 0 Å². The molecule has 3 rings (SSSR count). The predicted molar refractivity (Wildman–Crippen MR) is 166 cm³/mol. The zero-order valence-corrected chi connectivity index (χ0v) is 25.2. The number of nitriles is 1. The van der Waals surface area contributed by atoms with E-state index in [9.17, 15) is 5.26 Å². The van der Waals surface area contributed by atoms with Crippen LogP contribution in [0.2, 0.25) is 0 Å². The standard InChI is InChI=1S/C36H55N3/c1-3-5-7-9-11-13-15-17-25-36(30-37)26-23-33(24-27-36)32-19-21-34(22-20-32)35-38-28-31(29-39-35)18-16-14-12-10-8-6-4-2/h19-22,28-29,33H,3-18,23-27H2,1-2H3. The fraction of sp³-hybridized carbons (Fsp3) is 0.694. The zero-order valence-electron chi connectivity index (χ0n) is 25.2. The maximum atomic E-state index is 10.0. The van der Waals surface area contributed by atoms with E-state index in [1.807, 2.05) is 12.4 Å². The fourth-order valence-electron chi connectivity index (χ4n) is 6.34. The first-order valence-electron chi connectivity index (χ1n) is 16.5. The lowest BCUT2D eigenvalue weighted by Gasteiger charge is -2.35. The molecule has 39 heavy (non-hydrogen) atoms. The van der Waals surface area contributed by atoms with Crippen LogP contribution in [0.15, 0.2) is 36.7 Å². The normalized spacial score (nSPS) is 19.2. The second-order valence-electron chi connectivity index (χ2n) is 12.3. The van der Waals surface area contributed by atoms with Gasteiger partial charge in [-0.1, -0.05) is 128 Å². The SMILES string of the molecule is CCCCCCCCCCC1(C#N)CCC(c2ccc(-c3ncc(CCCCCCCCC)cn3)cc2)CC1. The Balaban J connectivity index is 1.38. The van der Waals surface area contributed by atoms with E-state index in [2.05, 4.69) is 54.2 Å².